The Kier molecular flexibility index (Phi) is 3.75. The molecule has 0 amide bonds. The lowest BCUT2D eigenvalue weighted by molar-refractivity contribution is 0.0659. The summed E-state index contributed by atoms with van der Waals surface area (Å²) in [6.45, 7) is 3.41. The molecular weight excluding hydrogens is 268 g/mol. The number of hydrogen-bond acceptors (Lipinski definition) is 5. The molecule has 2 aromatic rings. The summed E-state index contributed by atoms with van der Waals surface area (Å²) < 4.78 is 5.22. The first kappa shape index (κ1) is 13.4. The highest BCUT2D eigenvalue weighted by Crippen LogP contribution is 2.22. The molecule has 100 valence electrons. The van der Waals surface area contributed by atoms with Crippen molar-refractivity contribution in [2.24, 2.45) is 0 Å². The quantitative estimate of drug-likeness (QED) is 0.656. The van der Waals surface area contributed by atoms with Gasteiger partial charge in [-0.05, 0) is 19.9 Å². The highest BCUT2D eigenvalue weighted by Gasteiger charge is 2.14. The zero-order valence-electron chi connectivity index (χ0n) is 10.4. The van der Waals surface area contributed by atoms with E-state index in [0.717, 1.165) is 0 Å². The van der Waals surface area contributed by atoms with Gasteiger partial charge in [0.1, 0.15) is 5.76 Å². The summed E-state index contributed by atoms with van der Waals surface area (Å²) in [6, 6.07) is 3.08. The molecule has 0 aromatic carbocycles. The van der Waals surface area contributed by atoms with Crippen LogP contribution >= 0.6 is 11.8 Å². The van der Waals surface area contributed by atoms with Gasteiger partial charge in [-0.2, -0.15) is 0 Å². The van der Waals surface area contributed by atoms with Gasteiger partial charge in [-0.25, -0.2) is 9.78 Å². The van der Waals surface area contributed by atoms with Crippen molar-refractivity contribution in [3.8, 4) is 0 Å². The average Bonchev–Trinajstić information content (AvgIpc) is 2.67. The van der Waals surface area contributed by atoms with Crippen LogP contribution in [0.1, 0.15) is 27.6 Å². The molecule has 6 nitrogen and oxygen atoms in total. The van der Waals surface area contributed by atoms with E-state index >= 15 is 0 Å². The van der Waals surface area contributed by atoms with Gasteiger partial charge in [0, 0.05) is 17.3 Å². The first-order chi connectivity index (χ1) is 8.95. The van der Waals surface area contributed by atoms with Crippen LogP contribution < -0.4 is 5.56 Å². The highest BCUT2D eigenvalue weighted by molar-refractivity contribution is 7.98. The zero-order chi connectivity index (χ0) is 14.0. The average molecular weight is 280 g/mol. The largest absolute Gasteiger partial charge is 0.475 e. The molecule has 0 saturated heterocycles. The number of rotatable bonds is 4. The van der Waals surface area contributed by atoms with Gasteiger partial charge in [-0.3, -0.25) is 4.79 Å². The molecule has 19 heavy (non-hydrogen) atoms. The number of H-pyrrole nitrogens is 1. The Morgan fingerprint density at radius 2 is 2.21 bits per heavy atom. The Hall–Kier alpha value is -2.02. The molecule has 0 spiro atoms. The fraction of sp³-hybridized carbons (Fsp3) is 0.250. The van der Waals surface area contributed by atoms with E-state index in [1.54, 1.807) is 19.9 Å². The van der Waals surface area contributed by atoms with Crippen molar-refractivity contribution < 1.29 is 14.3 Å². The molecular formula is C12H12N2O4S. The molecule has 0 unspecified atom stereocenters. The Bertz CT molecular complexity index is 675. The van der Waals surface area contributed by atoms with E-state index in [-0.39, 0.29) is 11.3 Å². The number of carboxylic acids is 1. The number of nitrogens with zero attached hydrogens (tertiary/aromatic N) is 1. The molecule has 7 heteroatoms. The minimum atomic E-state index is -1.09. The number of aromatic carboxylic acids is 1. The molecule has 0 atom stereocenters. The second-order valence-corrected chi connectivity index (χ2v) is 4.97. The minimum Gasteiger partial charge on any atom is -0.475 e. The SMILES string of the molecule is Cc1cc(=O)[nH]c(SCc2cc(C)c(C(=O)O)o2)n1. The highest BCUT2D eigenvalue weighted by atomic mass is 32.2. The third kappa shape index (κ3) is 3.25. The van der Waals surface area contributed by atoms with Crippen molar-refractivity contribution >= 4 is 17.7 Å². The van der Waals surface area contributed by atoms with Gasteiger partial charge in [0.25, 0.3) is 5.56 Å². The predicted octanol–water partition coefficient (Wildman–Crippen LogP) is 1.97. The summed E-state index contributed by atoms with van der Waals surface area (Å²) in [5.41, 5.74) is 0.999. The lowest BCUT2D eigenvalue weighted by Gasteiger charge is -1.99. The van der Waals surface area contributed by atoms with Gasteiger partial charge in [0.15, 0.2) is 5.16 Å². The standard InChI is InChI=1S/C12H12N2O4S/c1-6-3-8(18-10(6)11(16)17)5-19-12-13-7(2)4-9(15)14-12/h3-4H,5H2,1-2H3,(H,16,17)(H,13,14,15). The van der Waals surface area contributed by atoms with E-state index in [4.69, 9.17) is 9.52 Å². The second kappa shape index (κ2) is 5.31. The van der Waals surface area contributed by atoms with Gasteiger partial charge < -0.3 is 14.5 Å². The van der Waals surface area contributed by atoms with Crippen molar-refractivity contribution in [2.75, 3.05) is 0 Å². The van der Waals surface area contributed by atoms with E-state index in [1.165, 1.54) is 17.8 Å². The van der Waals surface area contributed by atoms with E-state index < -0.39 is 5.97 Å². The molecule has 0 bridgehead atoms. The summed E-state index contributed by atoms with van der Waals surface area (Å²) in [5.74, 6) is -0.207. The number of aromatic amines is 1. The van der Waals surface area contributed by atoms with Gasteiger partial charge in [0.05, 0.1) is 5.75 Å². The Morgan fingerprint density at radius 3 is 2.79 bits per heavy atom. The van der Waals surface area contributed by atoms with Gasteiger partial charge >= 0.3 is 5.97 Å². The van der Waals surface area contributed by atoms with Crippen LogP contribution in [-0.4, -0.2) is 21.0 Å². The first-order valence-electron chi connectivity index (χ1n) is 5.49. The van der Waals surface area contributed by atoms with Crippen LogP contribution in [-0.2, 0) is 5.75 Å². The van der Waals surface area contributed by atoms with Crippen molar-refractivity contribution in [2.45, 2.75) is 24.8 Å². The van der Waals surface area contributed by atoms with Crippen LogP contribution in [0.5, 0.6) is 0 Å². The monoisotopic (exact) mass is 280 g/mol. The van der Waals surface area contributed by atoms with Crippen molar-refractivity contribution in [1.82, 2.24) is 9.97 Å². The zero-order valence-corrected chi connectivity index (χ0v) is 11.2. The molecule has 0 aliphatic carbocycles. The molecule has 0 fully saturated rings. The smallest absolute Gasteiger partial charge is 0.372 e. The number of furan rings is 1. The van der Waals surface area contributed by atoms with Gasteiger partial charge in [-0.15, -0.1) is 0 Å². The van der Waals surface area contributed by atoms with Crippen molar-refractivity contribution in [3.05, 3.63) is 45.3 Å². The molecule has 2 N–H and O–H groups in total. The number of aromatic nitrogens is 2. The summed E-state index contributed by atoms with van der Waals surface area (Å²) in [4.78, 5) is 28.9. The number of carbonyl (C=O) groups is 1. The molecule has 0 saturated carbocycles. The molecule has 2 aromatic heterocycles. The predicted molar refractivity (Wildman–Crippen MR) is 69.6 cm³/mol. The van der Waals surface area contributed by atoms with Gasteiger partial charge in [-0.1, -0.05) is 11.8 Å². The van der Waals surface area contributed by atoms with Crippen LogP contribution in [0.3, 0.4) is 0 Å². The fourth-order valence-corrected chi connectivity index (χ4v) is 2.39. The third-order valence-electron chi connectivity index (χ3n) is 2.36. The Balaban J connectivity index is 2.12. The first-order valence-corrected chi connectivity index (χ1v) is 6.47. The van der Waals surface area contributed by atoms with E-state index in [9.17, 15) is 9.59 Å². The number of nitrogens with one attached hydrogen (secondary N) is 1. The molecule has 2 heterocycles. The maximum absolute atomic E-state index is 11.3. The second-order valence-electron chi connectivity index (χ2n) is 4.01. The molecule has 2 rings (SSSR count). The molecule has 0 aliphatic rings. The van der Waals surface area contributed by atoms with Crippen molar-refractivity contribution in [3.63, 3.8) is 0 Å². The van der Waals surface area contributed by atoms with Gasteiger partial charge in [0.2, 0.25) is 5.76 Å². The summed E-state index contributed by atoms with van der Waals surface area (Å²) in [7, 11) is 0. The normalized spacial score (nSPS) is 10.6. The van der Waals surface area contributed by atoms with Crippen LogP contribution in [0.2, 0.25) is 0 Å². The number of thioether (sulfide) groups is 1. The van der Waals surface area contributed by atoms with E-state index in [1.807, 2.05) is 0 Å². The Morgan fingerprint density at radius 1 is 1.47 bits per heavy atom. The number of hydrogen-bond donors (Lipinski definition) is 2. The molecule has 0 aliphatic heterocycles. The summed E-state index contributed by atoms with van der Waals surface area (Å²) in [6.07, 6.45) is 0. The number of aryl methyl sites for hydroxylation is 2. The maximum atomic E-state index is 11.3. The lowest BCUT2D eigenvalue weighted by atomic mass is 10.3. The Labute approximate surface area is 112 Å². The van der Waals surface area contributed by atoms with Crippen LogP contribution in [0, 0.1) is 13.8 Å². The van der Waals surface area contributed by atoms with Crippen molar-refractivity contribution in [1.29, 1.82) is 0 Å². The third-order valence-corrected chi connectivity index (χ3v) is 3.26. The topological polar surface area (TPSA) is 96.2 Å². The van der Waals surface area contributed by atoms with E-state index in [0.29, 0.717) is 27.9 Å². The van der Waals surface area contributed by atoms with E-state index in [2.05, 4.69) is 9.97 Å². The molecule has 0 radical (unpaired) electrons. The maximum Gasteiger partial charge on any atom is 0.372 e. The lowest BCUT2D eigenvalue weighted by Crippen LogP contribution is -2.07. The summed E-state index contributed by atoms with van der Waals surface area (Å²) >= 11 is 1.28. The minimum absolute atomic E-state index is 0.0544. The fourth-order valence-electron chi connectivity index (χ4n) is 1.59. The van der Waals surface area contributed by atoms with Crippen LogP contribution in [0.15, 0.2) is 26.5 Å². The summed E-state index contributed by atoms with van der Waals surface area (Å²) in [5, 5.41) is 9.36. The van der Waals surface area contributed by atoms with Crippen LogP contribution in [0.25, 0.3) is 0 Å². The number of carboxylic acid groups (broad SMARTS) is 1. The van der Waals surface area contributed by atoms with Crippen LogP contribution in [0.4, 0.5) is 0 Å².